The fourth-order valence-corrected chi connectivity index (χ4v) is 4.51. The van der Waals surface area contributed by atoms with Crippen molar-refractivity contribution in [2.45, 2.75) is 104 Å². The Bertz CT molecular complexity index is 1070. The van der Waals surface area contributed by atoms with Crippen LogP contribution in [-0.4, -0.2) is 59.2 Å². The Balaban J connectivity index is 2.41. The van der Waals surface area contributed by atoms with E-state index in [-0.39, 0.29) is 23.6 Å². The topological polar surface area (TPSA) is 157 Å². The fraction of sp³-hybridized carbons (Fsp3) is 0.621. The van der Waals surface area contributed by atoms with Gasteiger partial charge in [0.1, 0.15) is 12.2 Å². The van der Waals surface area contributed by atoms with E-state index in [9.17, 15) is 29.1 Å². The number of ether oxygens (including phenoxy) is 3. The number of hydrogen-bond donors (Lipinski definition) is 3. The molecule has 0 aliphatic carbocycles. The molecule has 0 spiro atoms. The molecule has 0 radical (unpaired) electrons. The van der Waals surface area contributed by atoms with Crippen molar-refractivity contribution in [2.75, 3.05) is 5.32 Å². The van der Waals surface area contributed by atoms with E-state index in [0.29, 0.717) is 19.3 Å². The van der Waals surface area contributed by atoms with Gasteiger partial charge in [-0.25, -0.2) is 4.79 Å². The molecule has 11 heteroatoms. The molecular formula is C29H42N2O9. The average Bonchev–Trinajstić information content (AvgIpc) is 2.89. The van der Waals surface area contributed by atoms with Gasteiger partial charge in [0.2, 0.25) is 6.41 Å². The van der Waals surface area contributed by atoms with Crippen LogP contribution in [-0.2, 0) is 33.4 Å². The number of cyclic esters (lactones) is 2. The van der Waals surface area contributed by atoms with Gasteiger partial charge in [0, 0.05) is 6.42 Å². The van der Waals surface area contributed by atoms with E-state index in [0.717, 1.165) is 19.3 Å². The van der Waals surface area contributed by atoms with Crippen molar-refractivity contribution in [3.63, 3.8) is 0 Å². The lowest BCUT2D eigenvalue weighted by molar-refractivity contribution is -0.176. The Labute approximate surface area is 235 Å². The van der Waals surface area contributed by atoms with Crippen LogP contribution in [0.25, 0.3) is 0 Å². The van der Waals surface area contributed by atoms with E-state index in [4.69, 9.17) is 14.2 Å². The first kappa shape index (κ1) is 32.6. The van der Waals surface area contributed by atoms with Crippen molar-refractivity contribution in [3.05, 3.63) is 23.8 Å². The highest BCUT2D eigenvalue weighted by Gasteiger charge is 2.50. The van der Waals surface area contributed by atoms with E-state index in [1.54, 1.807) is 0 Å². The van der Waals surface area contributed by atoms with Gasteiger partial charge < -0.3 is 30.0 Å². The van der Waals surface area contributed by atoms with Crippen molar-refractivity contribution < 1.29 is 43.3 Å². The number of benzene rings is 1. The van der Waals surface area contributed by atoms with E-state index in [1.165, 1.54) is 39.0 Å². The molecule has 1 fully saturated rings. The molecule has 2 rings (SSSR count). The largest absolute Gasteiger partial charge is 0.505 e. The van der Waals surface area contributed by atoms with Crippen molar-refractivity contribution in [2.24, 2.45) is 11.8 Å². The average molecular weight is 563 g/mol. The second-order valence-electron chi connectivity index (χ2n) is 10.8. The smallest absolute Gasteiger partial charge is 0.335 e. The Morgan fingerprint density at radius 1 is 1.15 bits per heavy atom. The van der Waals surface area contributed by atoms with Crippen LogP contribution < -0.4 is 10.6 Å². The summed E-state index contributed by atoms with van der Waals surface area (Å²) in [5.74, 6) is -4.33. The van der Waals surface area contributed by atoms with Crippen LogP contribution in [0.5, 0.6) is 5.75 Å². The number of esters is 3. The van der Waals surface area contributed by atoms with Crippen molar-refractivity contribution >= 4 is 35.9 Å². The number of para-hydroxylation sites is 1. The molecule has 0 aromatic heterocycles. The Kier molecular flexibility index (Phi) is 11.9. The van der Waals surface area contributed by atoms with Crippen molar-refractivity contribution in [1.29, 1.82) is 0 Å². The predicted molar refractivity (Wildman–Crippen MR) is 146 cm³/mol. The number of anilines is 1. The number of carbonyl (C=O) groups excluding carboxylic acids is 5. The molecule has 3 N–H and O–H groups in total. The number of nitrogens with one attached hydrogen (secondary N) is 2. The maximum Gasteiger partial charge on any atom is 0.335 e. The Morgan fingerprint density at radius 3 is 2.48 bits per heavy atom. The molecule has 2 amide bonds. The summed E-state index contributed by atoms with van der Waals surface area (Å²) in [5, 5.41) is 15.3. The maximum atomic E-state index is 13.5. The minimum absolute atomic E-state index is 0.00471. The molecule has 0 saturated carbocycles. The van der Waals surface area contributed by atoms with Crippen LogP contribution in [0.3, 0.4) is 0 Å². The number of hydrogen-bond acceptors (Lipinski definition) is 9. The van der Waals surface area contributed by atoms with Crippen LogP contribution in [0.15, 0.2) is 18.2 Å². The second kappa shape index (κ2) is 14.7. The number of aromatic hydroxyl groups is 1. The summed E-state index contributed by atoms with van der Waals surface area (Å²) in [6.45, 7) is 10.1. The van der Waals surface area contributed by atoms with E-state index < -0.39 is 59.3 Å². The number of unbranched alkanes of at least 4 members (excludes halogenated alkanes) is 3. The first-order chi connectivity index (χ1) is 18.8. The summed E-state index contributed by atoms with van der Waals surface area (Å²) < 4.78 is 17.2. The van der Waals surface area contributed by atoms with Crippen molar-refractivity contribution in [3.8, 4) is 5.75 Å². The lowest BCUT2D eigenvalue weighted by atomic mass is 9.92. The molecule has 1 heterocycles. The lowest BCUT2D eigenvalue weighted by Gasteiger charge is -2.33. The first-order valence-corrected chi connectivity index (χ1v) is 13.8. The highest BCUT2D eigenvalue weighted by Crippen LogP contribution is 2.31. The van der Waals surface area contributed by atoms with Gasteiger partial charge in [-0.05, 0) is 45.2 Å². The zero-order chi connectivity index (χ0) is 30.0. The van der Waals surface area contributed by atoms with E-state index in [1.807, 2.05) is 13.8 Å². The minimum Gasteiger partial charge on any atom is -0.505 e. The van der Waals surface area contributed by atoms with Gasteiger partial charge in [0.15, 0.2) is 17.4 Å². The van der Waals surface area contributed by atoms with Gasteiger partial charge in [-0.2, -0.15) is 0 Å². The highest BCUT2D eigenvalue weighted by molar-refractivity contribution is 6.02. The zero-order valence-corrected chi connectivity index (χ0v) is 24.2. The third-order valence-electron chi connectivity index (χ3n) is 7.06. The number of phenolic OH excluding ortho intramolecular Hbond substituents is 1. The number of carbonyl (C=O) groups is 5. The quantitative estimate of drug-likeness (QED) is 0.113. The Morgan fingerprint density at radius 2 is 1.85 bits per heavy atom. The molecule has 11 nitrogen and oxygen atoms in total. The molecule has 40 heavy (non-hydrogen) atoms. The third kappa shape index (κ3) is 8.19. The van der Waals surface area contributed by atoms with Crippen molar-refractivity contribution in [1.82, 2.24) is 5.32 Å². The van der Waals surface area contributed by atoms with Crippen LogP contribution in [0, 0.1) is 11.8 Å². The molecule has 1 aromatic carbocycles. The van der Waals surface area contributed by atoms with Gasteiger partial charge in [0.05, 0.1) is 17.2 Å². The maximum absolute atomic E-state index is 13.5. The van der Waals surface area contributed by atoms with Crippen LogP contribution >= 0.6 is 0 Å². The van der Waals surface area contributed by atoms with Gasteiger partial charge in [-0.3, -0.25) is 19.2 Å². The molecule has 1 aromatic rings. The fourth-order valence-electron chi connectivity index (χ4n) is 4.51. The molecule has 5 unspecified atom stereocenters. The summed E-state index contributed by atoms with van der Waals surface area (Å²) >= 11 is 0. The third-order valence-corrected chi connectivity index (χ3v) is 7.06. The lowest BCUT2D eigenvalue weighted by Crippen LogP contribution is -2.61. The van der Waals surface area contributed by atoms with Gasteiger partial charge in [0.25, 0.3) is 5.91 Å². The summed E-state index contributed by atoms with van der Waals surface area (Å²) in [4.78, 5) is 63.7. The minimum atomic E-state index is -1.87. The molecule has 1 aliphatic rings. The standard InChI is InChI=1S/C29H42N2O9/c1-7-8-9-10-12-21-25(40-23(33)15-17(2)3)18(4)38-28(37)29(6,19(5)39-27(21)36)31-26(35)20-13-11-14-22(24(20)34)30-16-32/h11,13-14,16-19,21,25,34H,7-10,12,15H2,1-6H3,(H,30,32)(H,31,35). The molecule has 1 saturated heterocycles. The number of rotatable bonds is 12. The molecule has 5 atom stereocenters. The summed E-state index contributed by atoms with van der Waals surface area (Å²) in [5.41, 5.74) is -2.10. The van der Waals surface area contributed by atoms with E-state index >= 15 is 0 Å². The Hall–Kier alpha value is -3.63. The van der Waals surface area contributed by atoms with Gasteiger partial charge in [-0.1, -0.05) is 52.5 Å². The zero-order valence-electron chi connectivity index (χ0n) is 24.2. The van der Waals surface area contributed by atoms with Crippen LogP contribution in [0.1, 0.15) is 90.4 Å². The molecule has 222 valence electrons. The number of amides is 2. The van der Waals surface area contributed by atoms with E-state index in [2.05, 4.69) is 17.6 Å². The summed E-state index contributed by atoms with van der Waals surface area (Å²) in [6, 6.07) is 4.14. The summed E-state index contributed by atoms with van der Waals surface area (Å²) in [6.07, 6.45) is 1.05. The molecular weight excluding hydrogens is 520 g/mol. The second-order valence-corrected chi connectivity index (χ2v) is 10.8. The van der Waals surface area contributed by atoms with Gasteiger partial charge in [-0.15, -0.1) is 0 Å². The normalized spacial score (nSPS) is 25.1. The first-order valence-electron chi connectivity index (χ1n) is 13.8. The summed E-state index contributed by atoms with van der Waals surface area (Å²) in [7, 11) is 0. The SMILES string of the molecule is CCCCCCC1C(=O)OC(C)C(C)(NC(=O)c2cccc(NC=O)c2O)C(=O)OC(C)C1OC(=O)CC(C)C. The molecule has 1 aliphatic heterocycles. The monoisotopic (exact) mass is 562 g/mol. The van der Waals surface area contributed by atoms with Crippen LogP contribution in [0.2, 0.25) is 0 Å². The number of phenols is 1. The van der Waals surface area contributed by atoms with Crippen LogP contribution in [0.4, 0.5) is 5.69 Å². The predicted octanol–water partition coefficient (Wildman–Crippen LogP) is 3.87. The highest BCUT2D eigenvalue weighted by atomic mass is 16.6. The van der Waals surface area contributed by atoms with Gasteiger partial charge >= 0.3 is 17.9 Å². The molecule has 0 bridgehead atoms.